The zero-order valence-electron chi connectivity index (χ0n) is 18.8. The molecule has 1 aromatic carbocycles. The zero-order valence-corrected chi connectivity index (χ0v) is 19.6. The van der Waals surface area contributed by atoms with Crippen LogP contribution >= 0.6 is 0 Å². The lowest BCUT2D eigenvalue weighted by atomic mass is 10.1. The van der Waals surface area contributed by atoms with Crippen molar-refractivity contribution in [3.63, 3.8) is 0 Å². The normalized spacial score (nSPS) is 16.8. The Morgan fingerprint density at radius 1 is 1.18 bits per heavy atom. The molecule has 4 rings (SSSR count). The van der Waals surface area contributed by atoms with Gasteiger partial charge in [-0.25, -0.2) is 18.2 Å². The number of urea groups is 1. The number of carbonyl (C=O) groups excluding carboxylic acids is 1. The summed E-state index contributed by atoms with van der Waals surface area (Å²) in [4.78, 5) is 32.0. The van der Waals surface area contributed by atoms with E-state index < -0.39 is 28.6 Å². The number of carbonyl (C=O) groups is 2. The van der Waals surface area contributed by atoms with E-state index in [0.717, 1.165) is 30.9 Å². The van der Waals surface area contributed by atoms with Gasteiger partial charge in [0.05, 0.1) is 11.3 Å². The predicted molar refractivity (Wildman–Crippen MR) is 126 cm³/mol. The molecule has 11 heteroatoms. The van der Waals surface area contributed by atoms with Gasteiger partial charge in [0, 0.05) is 31.9 Å². The minimum Gasteiger partial charge on any atom is -0.481 e. The quantitative estimate of drug-likeness (QED) is 0.466. The Kier molecular flexibility index (Phi) is 7.32. The molecule has 0 aliphatic carbocycles. The van der Waals surface area contributed by atoms with Gasteiger partial charge < -0.3 is 20.2 Å². The van der Waals surface area contributed by atoms with Gasteiger partial charge in [-0.3, -0.25) is 4.79 Å². The number of nitrogens with zero attached hydrogens (tertiary/aromatic N) is 3. The Balaban J connectivity index is 1.36. The largest absolute Gasteiger partial charge is 0.481 e. The fourth-order valence-electron chi connectivity index (χ4n) is 4.28. The molecule has 1 aromatic heterocycles. The van der Waals surface area contributed by atoms with Crippen molar-refractivity contribution in [3.05, 3.63) is 53.7 Å². The van der Waals surface area contributed by atoms with Gasteiger partial charge >= 0.3 is 12.0 Å². The highest BCUT2D eigenvalue weighted by atomic mass is 32.2. The molecule has 2 amide bonds. The van der Waals surface area contributed by atoms with E-state index in [-0.39, 0.29) is 17.5 Å². The maximum atomic E-state index is 13.0. The second-order valence-corrected chi connectivity index (χ2v) is 10.2. The van der Waals surface area contributed by atoms with Gasteiger partial charge in [0.25, 0.3) is 0 Å². The fourth-order valence-corrected chi connectivity index (χ4v) is 5.51. The Morgan fingerprint density at radius 2 is 1.97 bits per heavy atom. The maximum Gasteiger partial charge on any atom is 0.321 e. The number of hydrogen-bond donors (Lipinski definition) is 3. The van der Waals surface area contributed by atoms with Crippen LogP contribution in [0.25, 0.3) is 0 Å². The van der Waals surface area contributed by atoms with Crippen LogP contribution in [0, 0.1) is 0 Å². The number of aryl methyl sites for hydroxylation is 2. The first kappa shape index (κ1) is 24.0. The summed E-state index contributed by atoms with van der Waals surface area (Å²) in [5.41, 5.74) is 2.18. The summed E-state index contributed by atoms with van der Waals surface area (Å²) in [6.07, 6.45) is 1.83. The molecule has 2 aromatic rings. The standard InChI is InChI=1S/C23H29N5O5S/c29-21(30)16-20(26-34(32,33)19-8-2-1-3-9-19)28-15-14-27(23(28)31)13-5-7-18-11-10-17-6-4-12-24-22(17)25-18/h1-3,8-11,20,26H,4-7,12-16H2,(H,24,25)(H,29,30). The minimum atomic E-state index is -3.98. The number of carboxylic acid groups (broad SMARTS) is 1. The second-order valence-electron chi connectivity index (χ2n) is 8.46. The molecule has 3 heterocycles. The van der Waals surface area contributed by atoms with E-state index in [2.05, 4.69) is 21.1 Å². The van der Waals surface area contributed by atoms with E-state index in [1.165, 1.54) is 22.6 Å². The summed E-state index contributed by atoms with van der Waals surface area (Å²) in [7, 11) is -3.98. The monoisotopic (exact) mass is 487 g/mol. The maximum absolute atomic E-state index is 13.0. The van der Waals surface area contributed by atoms with Crippen LogP contribution in [0.15, 0.2) is 47.4 Å². The van der Waals surface area contributed by atoms with E-state index in [4.69, 9.17) is 0 Å². The number of hydrogen-bond acceptors (Lipinski definition) is 6. The molecule has 34 heavy (non-hydrogen) atoms. The molecule has 2 aliphatic rings. The number of sulfonamides is 1. The van der Waals surface area contributed by atoms with Crippen molar-refractivity contribution in [2.45, 2.75) is 43.2 Å². The number of pyridine rings is 1. The highest BCUT2D eigenvalue weighted by molar-refractivity contribution is 7.89. The molecule has 0 saturated carbocycles. The van der Waals surface area contributed by atoms with Gasteiger partial charge in [-0.1, -0.05) is 24.3 Å². The number of rotatable bonds is 10. The predicted octanol–water partition coefficient (Wildman–Crippen LogP) is 1.89. The van der Waals surface area contributed by atoms with Gasteiger partial charge in [-0.15, -0.1) is 0 Å². The van der Waals surface area contributed by atoms with Crippen molar-refractivity contribution in [1.82, 2.24) is 19.5 Å². The van der Waals surface area contributed by atoms with Gasteiger partial charge in [0.15, 0.2) is 0 Å². The van der Waals surface area contributed by atoms with E-state index in [1.807, 2.05) is 6.07 Å². The summed E-state index contributed by atoms with van der Waals surface area (Å²) >= 11 is 0. The summed E-state index contributed by atoms with van der Waals surface area (Å²) in [6, 6.07) is 11.4. The number of aromatic nitrogens is 1. The first-order chi connectivity index (χ1) is 16.3. The molecule has 1 saturated heterocycles. The van der Waals surface area contributed by atoms with E-state index >= 15 is 0 Å². The smallest absolute Gasteiger partial charge is 0.321 e. The SMILES string of the molecule is O=C(O)CC(NS(=O)(=O)c1ccccc1)N1CCN(CCCc2ccc3c(n2)NCCC3)C1=O. The van der Waals surface area contributed by atoms with Crippen molar-refractivity contribution in [2.75, 3.05) is 31.5 Å². The van der Waals surface area contributed by atoms with Gasteiger partial charge in [-0.2, -0.15) is 4.72 Å². The molecule has 2 aliphatic heterocycles. The summed E-state index contributed by atoms with van der Waals surface area (Å²) < 4.78 is 27.9. The Labute approximate surface area is 199 Å². The van der Waals surface area contributed by atoms with Crippen LogP contribution in [0.2, 0.25) is 0 Å². The molecule has 0 spiro atoms. The number of nitrogens with one attached hydrogen (secondary N) is 2. The van der Waals surface area contributed by atoms with Crippen LogP contribution < -0.4 is 10.0 Å². The third-order valence-corrected chi connectivity index (χ3v) is 7.50. The number of anilines is 1. The Morgan fingerprint density at radius 3 is 2.74 bits per heavy atom. The van der Waals surface area contributed by atoms with Crippen molar-refractivity contribution in [3.8, 4) is 0 Å². The first-order valence-electron chi connectivity index (χ1n) is 11.4. The molecule has 1 atom stereocenters. The van der Waals surface area contributed by atoms with Crippen molar-refractivity contribution in [1.29, 1.82) is 0 Å². The molecule has 3 N–H and O–H groups in total. The average molecular weight is 488 g/mol. The highest BCUT2D eigenvalue weighted by Gasteiger charge is 2.36. The van der Waals surface area contributed by atoms with E-state index in [0.29, 0.717) is 25.9 Å². The van der Waals surface area contributed by atoms with Crippen LogP contribution in [0.5, 0.6) is 0 Å². The number of carboxylic acids is 1. The minimum absolute atomic E-state index is 0.0148. The second kappa shape index (κ2) is 10.4. The van der Waals surface area contributed by atoms with Crippen LogP contribution in [-0.4, -0.2) is 72.7 Å². The summed E-state index contributed by atoms with van der Waals surface area (Å²) in [5.74, 6) is -0.256. The van der Waals surface area contributed by atoms with Crippen molar-refractivity contribution >= 4 is 27.8 Å². The van der Waals surface area contributed by atoms with Gasteiger partial charge in [0.2, 0.25) is 10.0 Å². The number of benzene rings is 1. The van der Waals surface area contributed by atoms with E-state index in [9.17, 15) is 23.1 Å². The lowest BCUT2D eigenvalue weighted by Crippen LogP contribution is -2.50. The summed E-state index contributed by atoms with van der Waals surface area (Å²) in [5, 5.41) is 12.6. The van der Waals surface area contributed by atoms with Crippen LogP contribution in [0.3, 0.4) is 0 Å². The third-order valence-electron chi connectivity index (χ3n) is 6.03. The van der Waals surface area contributed by atoms with Crippen LogP contribution in [-0.2, 0) is 27.7 Å². The van der Waals surface area contributed by atoms with E-state index in [1.54, 1.807) is 23.1 Å². The topological polar surface area (TPSA) is 132 Å². The van der Waals surface area contributed by atoms with Crippen LogP contribution in [0.1, 0.15) is 30.5 Å². The average Bonchev–Trinajstić information content (AvgIpc) is 3.19. The molecule has 0 bridgehead atoms. The molecule has 1 fully saturated rings. The first-order valence-corrected chi connectivity index (χ1v) is 12.9. The molecule has 182 valence electrons. The van der Waals surface area contributed by atoms with Crippen molar-refractivity contribution < 1.29 is 23.1 Å². The molecular formula is C23H29N5O5S. The Bertz CT molecular complexity index is 1140. The fraction of sp³-hybridized carbons (Fsp3) is 0.435. The lowest BCUT2D eigenvalue weighted by Gasteiger charge is -2.27. The number of amides is 2. The van der Waals surface area contributed by atoms with Crippen LogP contribution in [0.4, 0.5) is 10.6 Å². The summed E-state index contributed by atoms with van der Waals surface area (Å²) in [6.45, 7) is 2.05. The van der Waals surface area contributed by atoms with Gasteiger partial charge in [0.1, 0.15) is 12.0 Å². The Hall–Kier alpha value is -3.18. The molecular weight excluding hydrogens is 458 g/mol. The zero-order chi connectivity index (χ0) is 24.1. The number of fused-ring (bicyclic) bond motifs is 1. The molecule has 10 nitrogen and oxygen atoms in total. The van der Waals surface area contributed by atoms with Gasteiger partial charge in [-0.05, 0) is 49.4 Å². The lowest BCUT2D eigenvalue weighted by molar-refractivity contribution is -0.138. The molecule has 0 radical (unpaired) electrons. The van der Waals surface area contributed by atoms with Crippen molar-refractivity contribution in [2.24, 2.45) is 0 Å². The third kappa shape index (κ3) is 5.65. The number of aliphatic carboxylic acids is 1. The highest BCUT2D eigenvalue weighted by Crippen LogP contribution is 2.21. The molecule has 1 unspecified atom stereocenters.